The molecule has 3 atom stereocenters. The van der Waals surface area contributed by atoms with Crippen LogP contribution >= 0.6 is 0 Å². The lowest BCUT2D eigenvalue weighted by Crippen LogP contribution is -2.30. The van der Waals surface area contributed by atoms with E-state index in [-0.39, 0.29) is 12.1 Å². The highest BCUT2D eigenvalue weighted by Crippen LogP contribution is 2.44. The second-order valence-electron chi connectivity index (χ2n) is 15.9. The largest absolute Gasteiger partial charge is 0.320 e. The molecular weight excluding hydrogens is 679 g/mol. The molecule has 11 rings (SSSR count). The average molecular weight is 724 g/mol. The highest BCUT2D eigenvalue weighted by molar-refractivity contribution is 6.10. The van der Waals surface area contributed by atoms with Crippen LogP contribution in [0.1, 0.15) is 88.5 Å². The molecule has 2 aromatic heterocycles. The fourth-order valence-electron chi connectivity index (χ4n) is 9.97. The summed E-state index contributed by atoms with van der Waals surface area (Å²) in [6.45, 7) is 0. The van der Waals surface area contributed by atoms with Crippen molar-refractivity contribution in [2.75, 3.05) is 0 Å². The van der Waals surface area contributed by atoms with Gasteiger partial charge in [0.2, 0.25) is 0 Å². The second-order valence-corrected chi connectivity index (χ2v) is 15.9. The van der Waals surface area contributed by atoms with Crippen molar-refractivity contribution in [2.24, 2.45) is 0 Å². The SMILES string of the molecule is C1=Cc2c3c(n(C4=CC=C(c5ccccc5)CC4)c2CC1)CC(c1ccc2c(c1)c1ccccc1n2C1=CC(c2ccccc2)NC(c2ccccc2)C1)C=C3. The van der Waals surface area contributed by atoms with E-state index in [4.69, 9.17) is 0 Å². The van der Waals surface area contributed by atoms with E-state index in [2.05, 4.69) is 190 Å². The van der Waals surface area contributed by atoms with E-state index in [1.165, 1.54) is 83.5 Å². The lowest BCUT2D eigenvalue weighted by atomic mass is 9.86. The molecule has 1 N–H and O–H groups in total. The molecule has 0 saturated heterocycles. The van der Waals surface area contributed by atoms with Crippen LogP contribution in [0.15, 0.2) is 164 Å². The summed E-state index contributed by atoms with van der Waals surface area (Å²) in [4.78, 5) is 0. The molecule has 272 valence electrons. The fourth-order valence-corrected chi connectivity index (χ4v) is 9.97. The molecule has 3 heteroatoms. The van der Waals surface area contributed by atoms with Crippen LogP contribution in [0.5, 0.6) is 0 Å². The Hall–Kier alpha value is -6.16. The third-order valence-electron chi connectivity index (χ3n) is 12.7. The molecule has 5 aromatic carbocycles. The number of hydrogen-bond acceptors (Lipinski definition) is 1. The van der Waals surface area contributed by atoms with E-state index < -0.39 is 0 Å². The molecule has 0 fully saturated rings. The zero-order chi connectivity index (χ0) is 37.0. The molecule has 7 aromatic rings. The number of nitrogens with one attached hydrogen (secondary N) is 1. The molecule has 4 aliphatic rings. The van der Waals surface area contributed by atoms with Crippen molar-refractivity contribution >= 4 is 50.9 Å². The predicted octanol–water partition coefficient (Wildman–Crippen LogP) is 12.9. The minimum Gasteiger partial charge on any atom is -0.320 e. The third-order valence-corrected chi connectivity index (χ3v) is 12.7. The molecule has 3 unspecified atom stereocenters. The van der Waals surface area contributed by atoms with E-state index in [9.17, 15) is 0 Å². The Bertz CT molecular complexity index is 2770. The van der Waals surface area contributed by atoms with Crippen molar-refractivity contribution in [2.45, 2.75) is 56.5 Å². The quantitative estimate of drug-likeness (QED) is 0.181. The van der Waals surface area contributed by atoms with Crippen LogP contribution in [0.25, 0.3) is 50.9 Å². The molecule has 3 nitrogen and oxygen atoms in total. The van der Waals surface area contributed by atoms with E-state index in [0.29, 0.717) is 5.92 Å². The molecule has 0 saturated carbocycles. The van der Waals surface area contributed by atoms with E-state index in [1.54, 1.807) is 0 Å². The standard InChI is InChI=1S/C53H45N3/c1-4-14-36(15-5-1)37-24-28-42(29-25-37)55-50-22-12-10-20-44(50)46-30-26-41(33-53(46)55)40-27-31-52-47(32-40)45-21-11-13-23-51(45)56(52)43-34-48(38-16-6-2-7-17-38)54-49(35-43)39-18-8-3-9-19-39/h1-11,13-21,23-24,26-28,30-32,34,41,48-49,54H,12,22,25,29,33,35H2. The van der Waals surface area contributed by atoms with Crippen molar-refractivity contribution in [1.29, 1.82) is 0 Å². The first kappa shape index (κ1) is 33.2. The van der Waals surface area contributed by atoms with Gasteiger partial charge in [-0.2, -0.15) is 0 Å². The third kappa shape index (κ3) is 5.69. The van der Waals surface area contributed by atoms with E-state index in [1.807, 2.05) is 0 Å². The van der Waals surface area contributed by atoms with Crippen LogP contribution < -0.4 is 5.32 Å². The lowest BCUT2D eigenvalue weighted by Gasteiger charge is -2.32. The van der Waals surface area contributed by atoms with Crippen LogP contribution in [-0.2, 0) is 12.8 Å². The van der Waals surface area contributed by atoms with Gasteiger partial charge in [-0.1, -0.05) is 146 Å². The molecule has 0 spiro atoms. The Kier molecular flexibility index (Phi) is 8.21. The van der Waals surface area contributed by atoms with Gasteiger partial charge < -0.3 is 9.13 Å². The molecule has 56 heavy (non-hydrogen) atoms. The van der Waals surface area contributed by atoms with Gasteiger partial charge in [0.25, 0.3) is 0 Å². The predicted molar refractivity (Wildman–Crippen MR) is 235 cm³/mol. The van der Waals surface area contributed by atoms with Crippen molar-refractivity contribution in [3.63, 3.8) is 0 Å². The molecule has 0 radical (unpaired) electrons. The van der Waals surface area contributed by atoms with Crippen LogP contribution in [0.4, 0.5) is 0 Å². The summed E-state index contributed by atoms with van der Waals surface area (Å²) in [7, 11) is 0. The summed E-state index contributed by atoms with van der Waals surface area (Å²) < 4.78 is 5.22. The van der Waals surface area contributed by atoms with Gasteiger partial charge in [0, 0.05) is 63.1 Å². The number of fused-ring (bicyclic) bond motifs is 6. The first-order chi connectivity index (χ1) is 27.8. The smallest absolute Gasteiger partial charge is 0.0537 e. The zero-order valence-corrected chi connectivity index (χ0v) is 31.6. The summed E-state index contributed by atoms with van der Waals surface area (Å²) in [5.74, 6) is 0.302. The summed E-state index contributed by atoms with van der Waals surface area (Å²) in [6.07, 6.45) is 23.1. The van der Waals surface area contributed by atoms with Crippen molar-refractivity contribution in [3.8, 4) is 0 Å². The van der Waals surface area contributed by atoms with Crippen LogP contribution in [0.3, 0.4) is 0 Å². The van der Waals surface area contributed by atoms with Crippen LogP contribution in [-0.4, -0.2) is 9.13 Å². The van der Waals surface area contributed by atoms with Crippen LogP contribution in [0.2, 0.25) is 0 Å². The van der Waals surface area contributed by atoms with Gasteiger partial charge >= 0.3 is 0 Å². The first-order valence-corrected chi connectivity index (χ1v) is 20.4. The Labute approximate surface area is 329 Å². The highest BCUT2D eigenvalue weighted by atomic mass is 15.0. The normalized spacial score (nSPS) is 20.4. The Morgan fingerprint density at radius 3 is 2.07 bits per heavy atom. The number of hydrogen-bond donors (Lipinski definition) is 1. The van der Waals surface area contributed by atoms with Gasteiger partial charge in [-0.3, -0.25) is 5.32 Å². The minimum atomic E-state index is 0.110. The maximum absolute atomic E-state index is 3.98. The van der Waals surface area contributed by atoms with E-state index in [0.717, 1.165) is 38.5 Å². The van der Waals surface area contributed by atoms with Gasteiger partial charge in [-0.05, 0) is 90.3 Å². The summed E-state index contributed by atoms with van der Waals surface area (Å²) in [5, 5.41) is 6.62. The Morgan fingerprint density at radius 2 is 1.27 bits per heavy atom. The highest BCUT2D eigenvalue weighted by Gasteiger charge is 2.30. The topological polar surface area (TPSA) is 21.9 Å². The summed E-state index contributed by atoms with van der Waals surface area (Å²) in [5.41, 5.74) is 17.9. The Morgan fingerprint density at radius 1 is 0.536 bits per heavy atom. The molecule has 1 aliphatic heterocycles. The van der Waals surface area contributed by atoms with E-state index >= 15 is 0 Å². The zero-order valence-electron chi connectivity index (χ0n) is 31.6. The molecule has 3 heterocycles. The number of allylic oxidation sites excluding steroid dienone is 6. The second kappa shape index (κ2) is 13.8. The first-order valence-electron chi connectivity index (χ1n) is 20.4. The molecule has 0 bridgehead atoms. The average Bonchev–Trinajstić information content (AvgIpc) is 3.79. The summed E-state index contributed by atoms with van der Waals surface area (Å²) in [6, 6.07) is 49.3. The summed E-state index contributed by atoms with van der Waals surface area (Å²) >= 11 is 0. The number of nitrogens with zero attached hydrogens (tertiary/aromatic N) is 2. The monoisotopic (exact) mass is 723 g/mol. The van der Waals surface area contributed by atoms with Crippen molar-refractivity contribution in [1.82, 2.24) is 14.5 Å². The maximum Gasteiger partial charge on any atom is 0.0537 e. The number of aromatic nitrogens is 2. The van der Waals surface area contributed by atoms with Gasteiger partial charge in [-0.15, -0.1) is 0 Å². The minimum absolute atomic E-state index is 0.110. The molecule has 3 aliphatic carbocycles. The molecule has 0 amide bonds. The van der Waals surface area contributed by atoms with Crippen molar-refractivity contribution < 1.29 is 0 Å². The van der Waals surface area contributed by atoms with Gasteiger partial charge in [0.1, 0.15) is 0 Å². The Balaban J connectivity index is 0.986. The number of benzene rings is 5. The number of rotatable bonds is 6. The van der Waals surface area contributed by atoms with Gasteiger partial charge in [0.15, 0.2) is 0 Å². The fraction of sp³-hybridized carbons (Fsp3) is 0.170. The number of para-hydroxylation sites is 1. The van der Waals surface area contributed by atoms with Crippen LogP contribution in [0, 0.1) is 0 Å². The molecular formula is C53H45N3. The van der Waals surface area contributed by atoms with Gasteiger partial charge in [0.05, 0.1) is 17.1 Å². The van der Waals surface area contributed by atoms with Crippen molar-refractivity contribution in [3.05, 3.63) is 209 Å². The van der Waals surface area contributed by atoms with Gasteiger partial charge in [-0.25, -0.2) is 0 Å². The maximum atomic E-state index is 3.98. The lowest BCUT2D eigenvalue weighted by molar-refractivity contribution is 0.477.